The summed E-state index contributed by atoms with van der Waals surface area (Å²) in [7, 11) is 0. The van der Waals surface area contributed by atoms with Gasteiger partial charge in [-0.1, -0.05) is 164 Å². The Hall–Kier alpha value is -7.68. The summed E-state index contributed by atoms with van der Waals surface area (Å²) >= 11 is 0. The molecule has 10 aromatic carbocycles. The summed E-state index contributed by atoms with van der Waals surface area (Å²) in [6, 6.07) is 80.6. The van der Waals surface area contributed by atoms with Crippen molar-refractivity contribution >= 4 is 60.5 Å². The molecule has 0 fully saturated rings. The number of hydrogen-bond donors (Lipinski definition) is 0. The minimum Gasteiger partial charge on any atom is -0.455 e. The third-order valence-corrected chi connectivity index (χ3v) is 11.5. The summed E-state index contributed by atoms with van der Waals surface area (Å²) in [5.74, 6) is 0. The van der Waals surface area contributed by atoms with Crippen LogP contribution in [0.15, 0.2) is 229 Å². The van der Waals surface area contributed by atoms with E-state index in [0.717, 1.165) is 55.5 Å². The molecule has 0 saturated carbocycles. The Morgan fingerprint density at radius 3 is 1.52 bits per heavy atom. The van der Waals surface area contributed by atoms with E-state index in [2.05, 4.69) is 229 Å². The minimum absolute atomic E-state index is 0.899. The Balaban J connectivity index is 0.966. The van der Waals surface area contributed by atoms with E-state index in [1.165, 1.54) is 49.5 Å². The number of fused-ring (bicyclic) bond motifs is 6. The average molecular weight is 740 g/mol. The first-order valence-electron chi connectivity index (χ1n) is 19.8. The quantitative estimate of drug-likeness (QED) is 0.162. The summed E-state index contributed by atoms with van der Waals surface area (Å²) in [6.07, 6.45) is 0. The van der Waals surface area contributed by atoms with Crippen molar-refractivity contribution in [3.63, 3.8) is 0 Å². The minimum atomic E-state index is 0.899. The van der Waals surface area contributed by atoms with Gasteiger partial charge >= 0.3 is 0 Å². The van der Waals surface area contributed by atoms with Crippen LogP contribution in [0.1, 0.15) is 0 Å². The van der Waals surface area contributed by atoms with Gasteiger partial charge in [0.15, 0.2) is 0 Å². The first-order valence-corrected chi connectivity index (χ1v) is 19.8. The molecule has 0 bridgehead atoms. The van der Waals surface area contributed by atoms with Crippen LogP contribution in [0.25, 0.3) is 88.0 Å². The van der Waals surface area contributed by atoms with Crippen LogP contribution in [0.2, 0.25) is 0 Å². The van der Waals surface area contributed by atoms with E-state index in [9.17, 15) is 0 Å². The van der Waals surface area contributed by atoms with Gasteiger partial charge in [-0.05, 0) is 121 Å². The number of nitrogens with zero attached hydrogens (tertiary/aromatic N) is 1. The van der Waals surface area contributed by atoms with Crippen molar-refractivity contribution < 1.29 is 4.42 Å². The molecule has 11 aromatic rings. The van der Waals surface area contributed by atoms with E-state index < -0.39 is 0 Å². The van der Waals surface area contributed by atoms with Crippen molar-refractivity contribution in [2.45, 2.75) is 0 Å². The van der Waals surface area contributed by atoms with Crippen molar-refractivity contribution in [2.24, 2.45) is 0 Å². The number of furan rings is 1. The second-order valence-electron chi connectivity index (χ2n) is 14.9. The van der Waals surface area contributed by atoms with Crippen LogP contribution in [0.5, 0.6) is 0 Å². The molecule has 1 heterocycles. The average Bonchev–Trinajstić information content (AvgIpc) is 3.70. The highest BCUT2D eigenvalue weighted by atomic mass is 16.3. The lowest BCUT2D eigenvalue weighted by Gasteiger charge is -2.26. The van der Waals surface area contributed by atoms with E-state index in [1.807, 2.05) is 0 Å². The molecule has 0 atom stereocenters. The summed E-state index contributed by atoms with van der Waals surface area (Å²) in [5, 5.41) is 7.10. The standard InChI is InChI=1S/C56H37NO/c1-2-10-38(11-3-1)40-22-29-48(30-23-40)57(49-31-24-41(25-32-49)45-15-8-16-46(36-45)47-21-20-39-12-4-5-14-44(39)37-47)50-33-26-43(27-34-50)51-18-9-19-54-55(51)53-35-28-42-13-6-7-17-52(42)56(53)58-54/h1-37H. The van der Waals surface area contributed by atoms with Crippen LogP contribution in [-0.2, 0) is 0 Å². The Morgan fingerprint density at radius 1 is 0.293 bits per heavy atom. The van der Waals surface area contributed by atoms with E-state index in [1.54, 1.807) is 0 Å². The summed E-state index contributed by atoms with van der Waals surface area (Å²) in [5.41, 5.74) is 14.6. The van der Waals surface area contributed by atoms with Gasteiger partial charge in [-0.25, -0.2) is 0 Å². The molecular formula is C56H37NO. The topological polar surface area (TPSA) is 16.4 Å². The van der Waals surface area contributed by atoms with E-state index >= 15 is 0 Å². The lowest BCUT2D eigenvalue weighted by atomic mass is 9.97. The highest BCUT2D eigenvalue weighted by molar-refractivity contribution is 6.19. The molecule has 2 heteroatoms. The summed E-state index contributed by atoms with van der Waals surface area (Å²) in [6.45, 7) is 0. The van der Waals surface area contributed by atoms with Crippen LogP contribution in [0.4, 0.5) is 17.1 Å². The lowest BCUT2D eigenvalue weighted by Crippen LogP contribution is -2.09. The number of rotatable bonds is 7. The molecule has 0 N–H and O–H groups in total. The van der Waals surface area contributed by atoms with Crippen LogP contribution in [-0.4, -0.2) is 0 Å². The SMILES string of the molecule is c1ccc(-c2ccc(N(c3ccc(-c4cccc(-c5ccc6ccccc6c5)c4)cc3)c3ccc(-c4cccc5oc6c7ccccc7ccc6c45)cc3)cc2)cc1. The molecule has 1 aromatic heterocycles. The van der Waals surface area contributed by atoms with Gasteiger partial charge < -0.3 is 9.32 Å². The molecule has 272 valence electrons. The maximum absolute atomic E-state index is 6.52. The van der Waals surface area contributed by atoms with Crippen LogP contribution in [0, 0.1) is 0 Å². The number of anilines is 3. The Bertz CT molecular complexity index is 3250. The Kier molecular flexibility index (Phi) is 8.19. The lowest BCUT2D eigenvalue weighted by molar-refractivity contribution is 0.673. The molecule has 0 unspecified atom stereocenters. The predicted molar refractivity (Wildman–Crippen MR) is 245 cm³/mol. The maximum Gasteiger partial charge on any atom is 0.143 e. The summed E-state index contributed by atoms with van der Waals surface area (Å²) < 4.78 is 6.52. The van der Waals surface area contributed by atoms with Gasteiger partial charge in [0, 0.05) is 33.2 Å². The zero-order valence-corrected chi connectivity index (χ0v) is 31.7. The van der Waals surface area contributed by atoms with Crippen molar-refractivity contribution in [3.05, 3.63) is 224 Å². The fourth-order valence-corrected chi connectivity index (χ4v) is 8.52. The zero-order chi connectivity index (χ0) is 38.4. The largest absolute Gasteiger partial charge is 0.455 e. The fraction of sp³-hybridized carbons (Fsp3) is 0. The van der Waals surface area contributed by atoms with E-state index in [-0.39, 0.29) is 0 Å². The second-order valence-corrected chi connectivity index (χ2v) is 14.9. The highest BCUT2D eigenvalue weighted by Crippen LogP contribution is 2.42. The van der Waals surface area contributed by atoms with Gasteiger partial charge in [-0.2, -0.15) is 0 Å². The Labute approximate surface area is 337 Å². The van der Waals surface area contributed by atoms with Gasteiger partial charge in [0.2, 0.25) is 0 Å². The van der Waals surface area contributed by atoms with E-state index in [4.69, 9.17) is 4.42 Å². The molecule has 11 rings (SSSR count). The number of benzene rings is 10. The molecule has 0 aliphatic rings. The predicted octanol–water partition coefficient (Wildman–Crippen LogP) is 16.0. The van der Waals surface area contributed by atoms with Crippen molar-refractivity contribution in [1.82, 2.24) is 0 Å². The first-order chi connectivity index (χ1) is 28.7. The van der Waals surface area contributed by atoms with Crippen molar-refractivity contribution in [2.75, 3.05) is 4.90 Å². The van der Waals surface area contributed by atoms with Crippen LogP contribution < -0.4 is 4.90 Å². The Morgan fingerprint density at radius 2 is 0.793 bits per heavy atom. The molecule has 0 aliphatic carbocycles. The van der Waals surface area contributed by atoms with Gasteiger partial charge in [0.05, 0.1) is 0 Å². The molecular weight excluding hydrogens is 703 g/mol. The van der Waals surface area contributed by atoms with E-state index in [0.29, 0.717) is 0 Å². The molecule has 58 heavy (non-hydrogen) atoms. The van der Waals surface area contributed by atoms with Gasteiger partial charge in [0.1, 0.15) is 11.2 Å². The smallest absolute Gasteiger partial charge is 0.143 e. The first kappa shape index (κ1) is 33.6. The van der Waals surface area contributed by atoms with Crippen LogP contribution in [0.3, 0.4) is 0 Å². The van der Waals surface area contributed by atoms with Crippen LogP contribution >= 0.6 is 0 Å². The van der Waals surface area contributed by atoms with Gasteiger partial charge in [0.25, 0.3) is 0 Å². The monoisotopic (exact) mass is 739 g/mol. The summed E-state index contributed by atoms with van der Waals surface area (Å²) in [4.78, 5) is 2.34. The third kappa shape index (κ3) is 6.00. The molecule has 0 amide bonds. The third-order valence-electron chi connectivity index (χ3n) is 11.5. The second kappa shape index (κ2) is 14.1. The number of hydrogen-bond acceptors (Lipinski definition) is 2. The molecule has 0 saturated heterocycles. The molecule has 2 nitrogen and oxygen atoms in total. The fourth-order valence-electron chi connectivity index (χ4n) is 8.52. The zero-order valence-electron chi connectivity index (χ0n) is 31.7. The highest BCUT2D eigenvalue weighted by Gasteiger charge is 2.17. The maximum atomic E-state index is 6.52. The molecule has 0 radical (unpaired) electrons. The normalized spacial score (nSPS) is 11.4. The van der Waals surface area contributed by atoms with Gasteiger partial charge in [-0.3, -0.25) is 0 Å². The van der Waals surface area contributed by atoms with Gasteiger partial charge in [-0.15, -0.1) is 0 Å². The molecule has 0 spiro atoms. The van der Waals surface area contributed by atoms with Crippen molar-refractivity contribution in [3.8, 4) is 44.5 Å². The molecule has 0 aliphatic heterocycles. The van der Waals surface area contributed by atoms with Crippen molar-refractivity contribution in [1.29, 1.82) is 0 Å².